The molecule has 0 radical (unpaired) electrons. The monoisotopic (exact) mass is 1590 g/mol. The number of methoxy groups -OCH3 is 19. The summed E-state index contributed by atoms with van der Waals surface area (Å²) in [5, 5.41) is 17.5. The van der Waals surface area contributed by atoms with Crippen LogP contribution in [-0.2, 0) is 156 Å². The number of urea groups is 1. The van der Waals surface area contributed by atoms with Crippen LogP contribution in [0, 0.1) is 0 Å². The second kappa shape index (κ2) is 47.9. The molecule has 3 N–H and O–H groups in total. The number of nitrogens with one attached hydrogen (secondary N) is 2. The van der Waals surface area contributed by atoms with Crippen LogP contribution in [-0.4, -0.2) is 414 Å². The van der Waals surface area contributed by atoms with Gasteiger partial charge in [-0.1, -0.05) is 38.2 Å². The normalized spacial score (nSPS) is 42.2. The van der Waals surface area contributed by atoms with Crippen molar-refractivity contribution in [1.82, 2.24) is 10.6 Å². The minimum Gasteiger partial charge on any atom is -0.394 e. The van der Waals surface area contributed by atoms with Gasteiger partial charge >= 0.3 is 6.03 Å². The summed E-state index contributed by atoms with van der Waals surface area (Å²) in [5.74, 6) is 0. The molecule has 21 saturated heterocycles. The molecule has 0 saturated carbocycles. The molecule has 110 heavy (non-hydrogen) atoms. The maximum atomic E-state index is 13.9. The molecule has 642 valence electrons. The van der Waals surface area contributed by atoms with E-state index in [1.165, 1.54) is 135 Å². The number of carbonyl (C=O) groups excluding carboxylic acids is 1. The molecule has 1 unspecified atom stereocenters. The van der Waals surface area contributed by atoms with Crippen LogP contribution in [0.15, 0.2) is 12.7 Å². The fraction of sp³-hybridized carbons (Fsp3) is 0.959. The van der Waals surface area contributed by atoms with E-state index in [1.54, 1.807) is 0 Å². The minimum atomic E-state index is -1.38. The van der Waals surface area contributed by atoms with Gasteiger partial charge in [0.25, 0.3) is 0 Å². The molecule has 35 atom stereocenters. The molecule has 0 aliphatic carbocycles. The highest BCUT2D eigenvalue weighted by Crippen LogP contribution is 2.43. The number of aliphatic hydroxyl groups excluding tert-OH is 1. The van der Waals surface area contributed by atoms with Gasteiger partial charge in [0.2, 0.25) is 0 Å². The van der Waals surface area contributed by atoms with E-state index >= 15 is 0 Å². The van der Waals surface area contributed by atoms with Crippen LogP contribution in [0.5, 0.6) is 0 Å². The van der Waals surface area contributed by atoms with Gasteiger partial charge in [-0.3, -0.25) is 0 Å². The molecule has 21 aliphatic heterocycles. The summed E-state index contributed by atoms with van der Waals surface area (Å²) in [6.07, 6.45) is -28.5. The average Bonchev–Trinajstić information content (AvgIpc) is 0.768. The summed E-state index contributed by atoms with van der Waals surface area (Å²) in [7, 11) is 28.2. The second-order valence-corrected chi connectivity index (χ2v) is 28.0. The first-order valence-corrected chi connectivity index (χ1v) is 37.8. The van der Waals surface area contributed by atoms with E-state index in [2.05, 4.69) is 17.2 Å². The highest BCUT2D eigenvalue weighted by molar-refractivity contribution is 5.73. The van der Waals surface area contributed by atoms with Gasteiger partial charge in [-0.25, -0.2) is 4.79 Å². The SMILES string of the molecule is C=CCCCCCCCCCNC(=O)NC[C@H]1O[C@@H]2O[C@H]3[C@@H](OC)[C@H](OC)[C@@H](O[C@H]4[C@H](OC)[C@H](OC)[C@@H](O[C@H]5[C@H](OC)[C@@H](OC)C(O[C@H]6[C@H](OC)[C@@H](OC)[C@@H](O[C@H]7[C@H](OC)[C@@H](OC)[C@@H](O[C@H]8[C@H](OC)[C@@H](OC)[C@@H](O[C@H]1[C@H](OC)[C@@H]2OC)O[C@H]8COC)O[C@H]7COC)O[C@H]6COC)O[C@@H]5COC)O[C@@H]4COC)O[C@@H]3CO. The third-order valence-electron chi connectivity index (χ3n) is 21.7. The van der Waals surface area contributed by atoms with E-state index in [0.717, 1.165) is 51.4 Å². The largest absolute Gasteiger partial charge is 0.394 e. The molecule has 21 aliphatic rings. The van der Waals surface area contributed by atoms with E-state index in [1.807, 2.05) is 6.08 Å². The molecule has 21 heterocycles. The Hall–Kier alpha value is -2.35. The van der Waals surface area contributed by atoms with Gasteiger partial charge in [-0.2, -0.15) is 0 Å². The zero-order chi connectivity index (χ0) is 79.6. The molecule has 2 amide bonds. The predicted octanol–water partition coefficient (Wildman–Crippen LogP) is 0.811. The number of allylic oxidation sites excluding steroid dienone is 1. The van der Waals surface area contributed by atoms with Gasteiger partial charge in [0, 0.05) is 148 Å². The maximum Gasteiger partial charge on any atom is 0.314 e. The zero-order valence-electron chi connectivity index (χ0n) is 67.6. The van der Waals surface area contributed by atoms with Crippen molar-refractivity contribution in [2.45, 2.75) is 266 Å². The van der Waals surface area contributed by atoms with Gasteiger partial charge < -0.3 is 172 Å². The Balaban J connectivity index is 1.21. The van der Waals surface area contributed by atoms with Crippen LogP contribution >= 0.6 is 0 Å². The lowest BCUT2D eigenvalue weighted by molar-refractivity contribution is -0.402. The topological polar surface area (TPSA) is 366 Å². The molecule has 21 rings (SSSR count). The highest BCUT2D eigenvalue weighted by atomic mass is 16.8. The smallest absolute Gasteiger partial charge is 0.314 e. The van der Waals surface area contributed by atoms with Crippen molar-refractivity contribution in [2.75, 3.05) is 188 Å². The van der Waals surface area contributed by atoms with Crippen LogP contribution < -0.4 is 10.6 Å². The lowest BCUT2D eigenvalue weighted by Gasteiger charge is -2.52. The molecule has 0 aromatic heterocycles. The Labute approximate surface area is 647 Å². The molecule has 37 nitrogen and oxygen atoms in total. The standard InChI is InChI=1S/C73H130N2O35/c1-21-22-23-24-25-26-27-28-29-30-74-73(77)75-31-38-45-52(83-7)59(90-14)66(97-38)105-46-39(32-76)98-67(60(91-15)53(46)84-8)106-47-40(33-78-2)100-69(62(93-17)54(47)85-9)108-49-42(35-80-4)102-71(64(95-19)56(49)87-11)110-51-44(37-82-6)103-72(65(96-20)58(51)89-13)109-50-43(36-81-5)101-70(63(94-18)57(50)88-12)107-48-41(34-79-3)99-68(104-45)61(92-16)55(48)86-10/h21,38-72,76H,1,22-37H2,2-20H3,(H2,74,75,77)/t38-,39-,40-,41+,42-,43+,44+,45-,46-,47-,48-,49-,50-,51-,52+,53-,54+,55+,56+,57+,58+,59+,60+,61-,62+,63-,64-,65-,66-,67-,68-,69-,70-,71?,72-/m1/s1. The van der Waals surface area contributed by atoms with Crippen LogP contribution in [0.1, 0.15) is 51.4 Å². The summed E-state index contributed by atoms with van der Waals surface area (Å²) in [4.78, 5) is 13.9. The Morgan fingerprint density at radius 2 is 0.491 bits per heavy atom. The summed E-state index contributed by atoms with van der Waals surface area (Å²) >= 11 is 0. The van der Waals surface area contributed by atoms with Crippen molar-refractivity contribution in [1.29, 1.82) is 0 Å². The Morgan fingerprint density at radius 3 is 0.718 bits per heavy atom. The Kier molecular flexibility index (Phi) is 40.6. The van der Waals surface area contributed by atoms with E-state index in [-0.39, 0.29) is 39.6 Å². The molecule has 0 spiro atoms. The fourth-order valence-electron chi connectivity index (χ4n) is 16.3. The summed E-state index contributed by atoms with van der Waals surface area (Å²) in [6.45, 7) is 3.04. The van der Waals surface area contributed by atoms with Crippen molar-refractivity contribution in [3.05, 3.63) is 12.7 Å². The first-order valence-electron chi connectivity index (χ1n) is 37.8. The van der Waals surface area contributed by atoms with Crippen molar-refractivity contribution >= 4 is 6.03 Å². The third kappa shape index (κ3) is 22.3. The molecule has 14 bridgehead atoms. The van der Waals surface area contributed by atoms with Gasteiger partial charge in [-0.05, 0) is 19.3 Å². The number of rotatable bonds is 37. The van der Waals surface area contributed by atoms with Crippen molar-refractivity contribution < 1.29 is 166 Å². The summed E-state index contributed by atoms with van der Waals surface area (Å²) < 4.78 is 215. The van der Waals surface area contributed by atoms with Gasteiger partial charge in [0.05, 0.1) is 39.6 Å². The number of hydrogen-bond acceptors (Lipinski definition) is 35. The predicted molar refractivity (Wildman–Crippen MR) is 381 cm³/mol. The number of aliphatic hydroxyl groups is 1. The Bertz CT molecular complexity index is 2540. The van der Waals surface area contributed by atoms with Crippen LogP contribution in [0.3, 0.4) is 0 Å². The molecular formula is C73H130N2O35. The van der Waals surface area contributed by atoms with Gasteiger partial charge in [0.15, 0.2) is 44.0 Å². The quantitative estimate of drug-likeness (QED) is 0.0572. The molecular weight excluding hydrogens is 1460 g/mol. The highest BCUT2D eigenvalue weighted by Gasteiger charge is 2.62. The van der Waals surface area contributed by atoms with Gasteiger partial charge in [-0.15, -0.1) is 6.58 Å². The average molecular weight is 1600 g/mol. The first kappa shape index (κ1) is 93.2. The maximum absolute atomic E-state index is 13.9. The Morgan fingerprint density at radius 1 is 0.282 bits per heavy atom. The molecule has 0 aromatic carbocycles. The van der Waals surface area contributed by atoms with E-state index < -0.39 is 228 Å². The van der Waals surface area contributed by atoms with E-state index in [0.29, 0.717) is 6.54 Å². The molecule has 21 fully saturated rings. The van der Waals surface area contributed by atoms with Crippen molar-refractivity contribution in [2.24, 2.45) is 0 Å². The number of hydrogen-bond donors (Lipinski definition) is 3. The number of ether oxygens (including phenoxy) is 33. The lowest BCUT2D eigenvalue weighted by atomic mass is 9.94. The second-order valence-electron chi connectivity index (χ2n) is 28.0. The van der Waals surface area contributed by atoms with Gasteiger partial charge in [0.1, 0.15) is 171 Å². The first-order chi connectivity index (χ1) is 53.6. The summed E-state index contributed by atoms with van der Waals surface area (Å²) in [6, 6.07) is -0.472. The number of unbranched alkanes of at least 4 members (excludes halogenated alkanes) is 7. The van der Waals surface area contributed by atoms with Crippen molar-refractivity contribution in [3.63, 3.8) is 0 Å². The molecule has 37 heteroatoms. The van der Waals surface area contributed by atoms with E-state index in [4.69, 9.17) is 156 Å². The van der Waals surface area contributed by atoms with Crippen LogP contribution in [0.4, 0.5) is 4.79 Å². The lowest BCUT2D eigenvalue weighted by Crippen LogP contribution is -2.69. The summed E-state index contributed by atoms with van der Waals surface area (Å²) in [5.41, 5.74) is 0. The number of carbonyl (C=O) groups is 1. The van der Waals surface area contributed by atoms with Crippen molar-refractivity contribution in [3.8, 4) is 0 Å². The van der Waals surface area contributed by atoms with E-state index in [9.17, 15) is 9.90 Å². The molecule has 0 aromatic rings. The van der Waals surface area contributed by atoms with Crippen LogP contribution in [0.25, 0.3) is 0 Å². The number of amides is 2. The van der Waals surface area contributed by atoms with Crippen LogP contribution in [0.2, 0.25) is 0 Å². The third-order valence-corrected chi connectivity index (χ3v) is 21.7. The minimum absolute atomic E-state index is 0.0569. The fourth-order valence-corrected chi connectivity index (χ4v) is 16.3. The zero-order valence-corrected chi connectivity index (χ0v) is 67.6.